The molecular formula is C19H23N3O. The fourth-order valence-corrected chi connectivity index (χ4v) is 3.96. The summed E-state index contributed by atoms with van der Waals surface area (Å²) < 4.78 is 0. The van der Waals surface area contributed by atoms with Gasteiger partial charge in [-0.1, -0.05) is 18.2 Å². The van der Waals surface area contributed by atoms with Crippen LogP contribution in [0.15, 0.2) is 24.4 Å². The number of H-pyrrole nitrogens is 1. The molecule has 0 saturated carbocycles. The number of aromatic amines is 1. The Morgan fingerprint density at radius 1 is 1.30 bits per heavy atom. The summed E-state index contributed by atoms with van der Waals surface area (Å²) in [5, 5.41) is 0. The van der Waals surface area contributed by atoms with Crippen molar-refractivity contribution in [3.8, 4) is 0 Å². The van der Waals surface area contributed by atoms with E-state index in [-0.39, 0.29) is 11.9 Å². The topological polar surface area (TPSA) is 49.0 Å². The smallest absolute Gasteiger partial charge is 0.227 e. The van der Waals surface area contributed by atoms with E-state index in [1.54, 1.807) is 0 Å². The molecule has 4 nitrogen and oxygen atoms in total. The monoisotopic (exact) mass is 309 g/mol. The zero-order valence-corrected chi connectivity index (χ0v) is 13.6. The molecule has 0 bridgehead atoms. The number of nitrogens with one attached hydrogen (secondary N) is 1. The van der Waals surface area contributed by atoms with E-state index in [1.807, 2.05) is 18.0 Å². The number of benzene rings is 1. The highest BCUT2D eigenvalue weighted by Crippen LogP contribution is 2.31. The van der Waals surface area contributed by atoms with Gasteiger partial charge in [-0.2, -0.15) is 0 Å². The van der Waals surface area contributed by atoms with Gasteiger partial charge in [0.25, 0.3) is 0 Å². The van der Waals surface area contributed by atoms with Crippen molar-refractivity contribution in [1.29, 1.82) is 0 Å². The van der Waals surface area contributed by atoms with Gasteiger partial charge in [0, 0.05) is 18.4 Å². The van der Waals surface area contributed by atoms with Crippen LogP contribution >= 0.6 is 0 Å². The largest absolute Gasteiger partial charge is 0.344 e. The Morgan fingerprint density at radius 2 is 2.17 bits per heavy atom. The first kappa shape index (κ1) is 14.5. The van der Waals surface area contributed by atoms with E-state index in [0.717, 1.165) is 42.9 Å². The highest BCUT2D eigenvalue weighted by Gasteiger charge is 2.31. The molecule has 1 aliphatic carbocycles. The van der Waals surface area contributed by atoms with Gasteiger partial charge in [-0.15, -0.1) is 0 Å². The number of likely N-dealkylation sites (tertiary alicyclic amines) is 1. The van der Waals surface area contributed by atoms with Gasteiger partial charge in [-0.05, 0) is 55.7 Å². The molecule has 2 aliphatic rings. The lowest BCUT2D eigenvalue weighted by molar-refractivity contribution is -0.131. The zero-order valence-electron chi connectivity index (χ0n) is 13.6. The number of rotatable bonds is 3. The van der Waals surface area contributed by atoms with Crippen LogP contribution in [0.5, 0.6) is 0 Å². The van der Waals surface area contributed by atoms with Crippen LogP contribution in [0.3, 0.4) is 0 Å². The van der Waals surface area contributed by atoms with E-state index in [9.17, 15) is 4.79 Å². The molecule has 1 N–H and O–H groups in total. The summed E-state index contributed by atoms with van der Waals surface area (Å²) in [6, 6.07) is 6.69. The first-order valence-electron chi connectivity index (χ1n) is 8.62. The van der Waals surface area contributed by atoms with Crippen LogP contribution in [0.2, 0.25) is 0 Å². The summed E-state index contributed by atoms with van der Waals surface area (Å²) >= 11 is 0. The number of aromatic nitrogens is 2. The predicted octanol–water partition coefficient (Wildman–Crippen LogP) is 3.11. The van der Waals surface area contributed by atoms with Gasteiger partial charge in [0.1, 0.15) is 5.82 Å². The van der Waals surface area contributed by atoms with Gasteiger partial charge in [-0.3, -0.25) is 4.79 Å². The molecule has 1 amide bonds. The Bertz CT molecular complexity index is 734. The third-order valence-electron chi connectivity index (χ3n) is 5.13. The molecule has 1 atom stereocenters. The average molecular weight is 309 g/mol. The Morgan fingerprint density at radius 3 is 3.00 bits per heavy atom. The van der Waals surface area contributed by atoms with Crippen molar-refractivity contribution in [2.75, 3.05) is 6.54 Å². The third-order valence-corrected chi connectivity index (χ3v) is 5.13. The van der Waals surface area contributed by atoms with Crippen molar-refractivity contribution in [1.82, 2.24) is 14.9 Å². The summed E-state index contributed by atoms with van der Waals surface area (Å²) in [4.78, 5) is 22.5. The maximum atomic E-state index is 12.8. The van der Waals surface area contributed by atoms with Gasteiger partial charge >= 0.3 is 0 Å². The maximum Gasteiger partial charge on any atom is 0.227 e. The van der Waals surface area contributed by atoms with Crippen molar-refractivity contribution >= 4 is 5.91 Å². The van der Waals surface area contributed by atoms with Gasteiger partial charge in [0.15, 0.2) is 0 Å². The molecule has 4 heteroatoms. The summed E-state index contributed by atoms with van der Waals surface area (Å²) in [5.41, 5.74) is 5.11. The number of hydrogen-bond acceptors (Lipinski definition) is 2. The predicted molar refractivity (Wildman–Crippen MR) is 89.2 cm³/mol. The summed E-state index contributed by atoms with van der Waals surface area (Å²) in [5.74, 6) is 1.15. The van der Waals surface area contributed by atoms with Gasteiger partial charge in [0.05, 0.1) is 12.5 Å². The van der Waals surface area contributed by atoms with Crippen LogP contribution in [-0.2, 0) is 24.1 Å². The molecule has 2 aromatic rings. The molecule has 2 heterocycles. The summed E-state index contributed by atoms with van der Waals surface area (Å²) in [7, 11) is 0. The van der Waals surface area contributed by atoms with Crippen LogP contribution in [-0.4, -0.2) is 27.3 Å². The van der Waals surface area contributed by atoms with E-state index in [0.29, 0.717) is 6.42 Å². The fourth-order valence-electron chi connectivity index (χ4n) is 3.96. The number of nitrogens with zero attached hydrogens (tertiary/aromatic N) is 2. The van der Waals surface area contributed by atoms with Gasteiger partial charge in [0.2, 0.25) is 5.91 Å². The van der Waals surface area contributed by atoms with Crippen molar-refractivity contribution in [2.45, 2.75) is 51.5 Å². The number of amides is 1. The minimum Gasteiger partial charge on any atom is -0.344 e. The second-order valence-corrected chi connectivity index (χ2v) is 6.83. The van der Waals surface area contributed by atoms with Crippen LogP contribution in [0, 0.1) is 6.92 Å². The number of hydrogen-bond donors (Lipinski definition) is 1. The van der Waals surface area contributed by atoms with Crippen LogP contribution in [0.1, 0.15) is 53.5 Å². The molecule has 1 fully saturated rings. The first-order chi connectivity index (χ1) is 11.2. The highest BCUT2D eigenvalue weighted by molar-refractivity contribution is 5.79. The van der Waals surface area contributed by atoms with E-state index in [4.69, 9.17) is 0 Å². The molecule has 120 valence electrons. The zero-order chi connectivity index (χ0) is 15.8. The quantitative estimate of drug-likeness (QED) is 0.947. The van der Waals surface area contributed by atoms with Crippen molar-refractivity contribution < 1.29 is 4.79 Å². The summed E-state index contributed by atoms with van der Waals surface area (Å²) in [6.45, 7) is 2.84. The Kier molecular flexibility index (Phi) is 3.68. The number of carbonyl (C=O) groups is 1. The normalized spacial score (nSPS) is 20.0. The molecule has 0 spiro atoms. The number of carbonyl (C=O) groups excluding carboxylic acids is 1. The number of aryl methyl sites for hydroxylation is 3. The van der Waals surface area contributed by atoms with Crippen molar-refractivity contribution in [2.24, 2.45) is 0 Å². The van der Waals surface area contributed by atoms with Crippen LogP contribution < -0.4 is 0 Å². The molecular weight excluding hydrogens is 286 g/mol. The van der Waals surface area contributed by atoms with Crippen molar-refractivity contribution in [3.05, 3.63) is 52.6 Å². The van der Waals surface area contributed by atoms with Gasteiger partial charge < -0.3 is 9.88 Å². The van der Waals surface area contributed by atoms with E-state index < -0.39 is 0 Å². The standard InChI is InChI=1S/C19H23N3O/c1-13-12-20-19(21-13)17-6-3-9-22(17)18(23)11-14-7-8-15-4-2-5-16(15)10-14/h7-8,10,12,17H,2-6,9,11H2,1H3,(H,20,21)/t17-/m0/s1. The maximum absolute atomic E-state index is 12.8. The molecule has 1 aromatic carbocycles. The first-order valence-corrected chi connectivity index (χ1v) is 8.62. The Balaban J connectivity index is 1.50. The molecule has 1 aliphatic heterocycles. The lowest BCUT2D eigenvalue weighted by Gasteiger charge is -2.23. The van der Waals surface area contributed by atoms with E-state index in [2.05, 4.69) is 28.2 Å². The minimum absolute atomic E-state index is 0.116. The molecule has 23 heavy (non-hydrogen) atoms. The second-order valence-electron chi connectivity index (χ2n) is 6.83. The fraction of sp³-hybridized carbons (Fsp3) is 0.474. The molecule has 1 aromatic heterocycles. The van der Waals surface area contributed by atoms with Crippen LogP contribution in [0.4, 0.5) is 0 Å². The Hall–Kier alpha value is -2.10. The highest BCUT2D eigenvalue weighted by atomic mass is 16.2. The van der Waals surface area contributed by atoms with Crippen LogP contribution in [0.25, 0.3) is 0 Å². The lowest BCUT2D eigenvalue weighted by Crippen LogP contribution is -2.32. The Labute approximate surface area is 136 Å². The van der Waals surface area contributed by atoms with E-state index >= 15 is 0 Å². The number of fused-ring (bicyclic) bond motifs is 1. The average Bonchev–Trinajstić information content (AvgIpc) is 3.26. The third kappa shape index (κ3) is 2.78. The molecule has 1 saturated heterocycles. The molecule has 0 radical (unpaired) electrons. The second kappa shape index (κ2) is 5.84. The lowest BCUT2D eigenvalue weighted by atomic mass is 10.0. The molecule has 0 unspecified atom stereocenters. The SMILES string of the molecule is Cc1cnc([C@@H]2CCCN2C(=O)Cc2ccc3c(c2)CCC3)[nH]1. The summed E-state index contributed by atoms with van der Waals surface area (Å²) in [6.07, 6.45) is 8.01. The number of imidazole rings is 1. The van der Waals surface area contributed by atoms with Gasteiger partial charge in [-0.25, -0.2) is 4.98 Å². The molecule has 4 rings (SSSR count). The minimum atomic E-state index is 0.116. The van der Waals surface area contributed by atoms with Crippen molar-refractivity contribution in [3.63, 3.8) is 0 Å². The van der Waals surface area contributed by atoms with E-state index in [1.165, 1.54) is 24.0 Å².